The highest BCUT2D eigenvalue weighted by Gasteiger charge is 2.26. The van der Waals surface area contributed by atoms with Crippen LogP contribution in [-0.4, -0.2) is 17.6 Å². The van der Waals surface area contributed by atoms with Gasteiger partial charge in [0.15, 0.2) is 5.78 Å². The van der Waals surface area contributed by atoms with E-state index in [1.807, 2.05) is 18.2 Å². The molecule has 0 saturated carbocycles. The molecule has 0 fully saturated rings. The summed E-state index contributed by atoms with van der Waals surface area (Å²) in [6.45, 7) is 1.44. The van der Waals surface area contributed by atoms with Crippen molar-refractivity contribution in [2.24, 2.45) is 0 Å². The number of carbonyl (C=O) groups is 3. The Morgan fingerprint density at radius 1 is 0.704 bits per heavy atom. The molecule has 0 unspecified atom stereocenters. The summed E-state index contributed by atoms with van der Waals surface area (Å²) in [5.74, 6) is -0.428. The van der Waals surface area contributed by atoms with Crippen LogP contribution in [0.15, 0.2) is 66.7 Å². The van der Waals surface area contributed by atoms with Crippen molar-refractivity contribution in [3.05, 3.63) is 83.4 Å². The van der Waals surface area contributed by atoms with Crippen LogP contribution in [0.3, 0.4) is 0 Å². The van der Waals surface area contributed by atoms with Crippen molar-refractivity contribution in [3.8, 4) is 11.1 Å². The quantitative estimate of drug-likeness (QED) is 0.580. The molecule has 2 amide bonds. The number of anilines is 2. The summed E-state index contributed by atoms with van der Waals surface area (Å²) < 4.78 is 0. The van der Waals surface area contributed by atoms with Crippen LogP contribution in [0.5, 0.6) is 0 Å². The Morgan fingerprint density at radius 3 is 1.96 bits per heavy atom. The van der Waals surface area contributed by atoms with Gasteiger partial charge in [-0.25, -0.2) is 0 Å². The fourth-order valence-corrected chi connectivity index (χ4v) is 3.21. The lowest BCUT2D eigenvalue weighted by Gasteiger charge is -2.08. The topological polar surface area (TPSA) is 75.3 Å². The first-order valence-electron chi connectivity index (χ1n) is 8.50. The van der Waals surface area contributed by atoms with Gasteiger partial charge >= 0.3 is 0 Å². The number of rotatable bonds is 3. The lowest BCUT2D eigenvalue weighted by molar-refractivity contribution is -0.114. The summed E-state index contributed by atoms with van der Waals surface area (Å²) in [6, 6.07) is 19.4. The zero-order valence-electron chi connectivity index (χ0n) is 14.6. The van der Waals surface area contributed by atoms with Crippen molar-refractivity contribution in [2.75, 3.05) is 10.6 Å². The fraction of sp³-hybridized carbons (Fsp3) is 0.0455. The summed E-state index contributed by atoms with van der Waals surface area (Å²) >= 11 is 0. The van der Waals surface area contributed by atoms with Crippen LogP contribution in [0, 0.1) is 0 Å². The molecule has 1 aliphatic carbocycles. The molecule has 0 saturated heterocycles. The predicted octanol–water partition coefficient (Wildman–Crippen LogP) is 4.11. The van der Waals surface area contributed by atoms with Crippen LogP contribution in [0.4, 0.5) is 11.4 Å². The van der Waals surface area contributed by atoms with E-state index < -0.39 is 0 Å². The Labute approximate surface area is 156 Å². The van der Waals surface area contributed by atoms with E-state index in [4.69, 9.17) is 0 Å². The first-order chi connectivity index (χ1) is 13.0. The van der Waals surface area contributed by atoms with Gasteiger partial charge in [-0.05, 0) is 53.6 Å². The molecule has 0 heterocycles. The molecule has 0 atom stereocenters. The van der Waals surface area contributed by atoms with Crippen molar-refractivity contribution in [3.63, 3.8) is 0 Å². The van der Waals surface area contributed by atoms with Crippen molar-refractivity contribution >= 4 is 29.0 Å². The third-order valence-electron chi connectivity index (χ3n) is 4.45. The van der Waals surface area contributed by atoms with Gasteiger partial charge in [0.1, 0.15) is 0 Å². The molecule has 132 valence electrons. The average molecular weight is 356 g/mol. The van der Waals surface area contributed by atoms with Crippen molar-refractivity contribution in [1.82, 2.24) is 0 Å². The minimum atomic E-state index is -0.262. The van der Waals surface area contributed by atoms with E-state index in [0.717, 1.165) is 11.1 Å². The Balaban J connectivity index is 1.58. The smallest absolute Gasteiger partial charge is 0.255 e. The molecule has 5 heteroatoms. The number of fused-ring (bicyclic) bond motifs is 3. The minimum absolute atomic E-state index is 0.0129. The highest BCUT2D eigenvalue weighted by molar-refractivity contribution is 6.22. The van der Waals surface area contributed by atoms with Gasteiger partial charge in [-0.2, -0.15) is 0 Å². The predicted molar refractivity (Wildman–Crippen MR) is 104 cm³/mol. The van der Waals surface area contributed by atoms with E-state index >= 15 is 0 Å². The van der Waals surface area contributed by atoms with Crippen LogP contribution >= 0.6 is 0 Å². The second kappa shape index (κ2) is 6.53. The number of carbonyl (C=O) groups excluding carboxylic acids is 3. The summed E-state index contributed by atoms with van der Waals surface area (Å²) in [5.41, 5.74) is 4.67. The van der Waals surface area contributed by atoms with Gasteiger partial charge in [-0.15, -0.1) is 0 Å². The molecule has 2 N–H and O–H groups in total. The van der Waals surface area contributed by atoms with E-state index in [1.54, 1.807) is 48.5 Å². The molecule has 0 bridgehead atoms. The summed E-state index contributed by atoms with van der Waals surface area (Å²) in [7, 11) is 0. The summed E-state index contributed by atoms with van der Waals surface area (Å²) in [4.78, 5) is 36.1. The lowest BCUT2D eigenvalue weighted by atomic mass is 10.0. The van der Waals surface area contributed by atoms with Crippen molar-refractivity contribution in [1.29, 1.82) is 0 Å². The highest BCUT2D eigenvalue weighted by atomic mass is 16.2. The maximum absolute atomic E-state index is 12.6. The highest BCUT2D eigenvalue weighted by Crippen LogP contribution is 2.36. The summed E-state index contributed by atoms with van der Waals surface area (Å²) in [5, 5.41) is 5.50. The number of amides is 2. The Morgan fingerprint density at radius 2 is 1.30 bits per heavy atom. The molecule has 3 aromatic rings. The Bertz CT molecular complexity index is 1080. The van der Waals surface area contributed by atoms with Gasteiger partial charge < -0.3 is 10.6 Å². The van der Waals surface area contributed by atoms with Gasteiger partial charge in [0, 0.05) is 35.0 Å². The molecule has 27 heavy (non-hydrogen) atoms. The van der Waals surface area contributed by atoms with E-state index in [0.29, 0.717) is 28.1 Å². The van der Waals surface area contributed by atoms with Crippen LogP contribution in [0.1, 0.15) is 33.2 Å². The second-order valence-corrected chi connectivity index (χ2v) is 6.35. The normalized spacial score (nSPS) is 11.5. The van der Waals surface area contributed by atoms with E-state index in [1.165, 1.54) is 6.92 Å². The molecule has 0 aliphatic heterocycles. The molecule has 0 aromatic heterocycles. The van der Waals surface area contributed by atoms with Crippen molar-refractivity contribution < 1.29 is 14.4 Å². The average Bonchev–Trinajstić information content (AvgIpc) is 2.95. The molecule has 1 aliphatic rings. The minimum Gasteiger partial charge on any atom is -0.326 e. The molecule has 0 radical (unpaired) electrons. The molecular formula is C22H16N2O3. The second-order valence-electron chi connectivity index (χ2n) is 6.35. The zero-order chi connectivity index (χ0) is 19.0. The maximum Gasteiger partial charge on any atom is 0.255 e. The molecule has 0 spiro atoms. The Kier molecular flexibility index (Phi) is 4.05. The molecule has 3 aromatic carbocycles. The standard InChI is InChI=1S/C22H16N2O3/c1-13(25)23-15-7-9-16(10-8-15)24-22(27)14-6-11-19-20(12-14)17-4-2-3-5-18(17)21(19)26/h2-12H,1H3,(H,23,25)(H,24,27). The first-order valence-corrected chi connectivity index (χ1v) is 8.50. The lowest BCUT2D eigenvalue weighted by Crippen LogP contribution is -2.12. The number of nitrogens with one attached hydrogen (secondary N) is 2. The number of hydrogen-bond acceptors (Lipinski definition) is 3. The molecule has 5 nitrogen and oxygen atoms in total. The van der Waals surface area contributed by atoms with Crippen molar-refractivity contribution in [2.45, 2.75) is 6.92 Å². The van der Waals surface area contributed by atoms with Crippen LogP contribution < -0.4 is 10.6 Å². The SMILES string of the molecule is CC(=O)Nc1ccc(NC(=O)c2ccc3c(c2)-c2ccccc2C3=O)cc1. The summed E-state index contributed by atoms with van der Waals surface area (Å²) in [6.07, 6.45) is 0. The van der Waals surface area contributed by atoms with Crippen LogP contribution in [0.25, 0.3) is 11.1 Å². The molecule has 4 rings (SSSR count). The largest absolute Gasteiger partial charge is 0.326 e. The van der Waals surface area contributed by atoms with Gasteiger partial charge in [-0.1, -0.05) is 24.3 Å². The van der Waals surface area contributed by atoms with E-state index in [9.17, 15) is 14.4 Å². The number of ketones is 1. The van der Waals surface area contributed by atoms with Crippen LogP contribution in [-0.2, 0) is 4.79 Å². The number of hydrogen-bond donors (Lipinski definition) is 2. The van der Waals surface area contributed by atoms with Crippen LogP contribution in [0.2, 0.25) is 0 Å². The third-order valence-corrected chi connectivity index (χ3v) is 4.45. The Hall–Kier alpha value is -3.73. The van der Waals surface area contributed by atoms with E-state index in [-0.39, 0.29) is 17.6 Å². The van der Waals surface area contributed by atoms with Gasteiger partial charge in [-0.3, -0.25) is 14.4 Å². The van der Waals surface area contributed by atoms with Gasteiger partial charge in [0.05, 0.1) is 0 Å². The number of benzene rings is 3. The van der Waals surface area contributed by atoms with Gasteiger partial charge in [0.2, 0.25) is 5.91 Å². The monoisotopic (exact) mass is 356 g/mol. The third kappa shape index (κ3) is 3.11. The van der Waals surface area contributed by atoms with Gasteiger partial charge in [0.25, 0.3) is 5.91 Å². The first kappa shape index (κ1) is 16.7. The van der Waals surface area contributed by atoms with E-state index in [2.05, 4.69) is 10.6 Å². The fourth-order valence-electron chi connectivity index (χ4n) is 3.21. The maximum atomic E-state index is 12.6. The zero-order valence-corrected chi connectivity index (χ0v) is 14.6. The molecular weight excluding hydrogens is 340 g/mol.